The van der Waals surface area contributed by atoms with E-state index in [1.165, 1.54) is 0 Å². The van der Waals surface area contributed by atoms with Crippen molar-refractivity contribution in [2.24, 2.45) is 5.73 Å². The van der Waals surface area contributed by atoms with E-state index in [-0.39, 0.29) is 6.04 Å². The molecule has 0 saturated heterocycles. The normalized spacial score (nSPS) is 12.4. The van der Waals surface area contributed by atoms with E-state index in [4.69, 9.17) is 19.9 Å². The minimum atomic E-state index is 0.125. The Morgan fingerprint density at radius 1 is 1.21 bits per heavy atom. The number of ether oxygens (including phenoxy) is 3. The van der Waals surface area contributed by atoms with E-state index in [1.807, 2.05) is 19.1 Å². The van der Waals surface area contributed by atoms with Gasteiger partial charge in [-0.25, -0.2) is 0 Å². The monoisotopic (exact) mass is 268 g/mol. The number of methoxy groups -OCH3 is 1. The van der Waals surface area contributed by atoms with Gasteiger partial charge in [-0.1, -0.05) is 0 Å². The van der Waals surface area contributed by atoms with Crippen LogP contribution in [0.1, 0.15) is 19.0 Å². The van der Waals surface area contributed by atoms with Gasteiger partial charge in [-0.2, -0.15) is 0 Å². The van der Waals surface area contributed by atoms with Gasteiger partial charge in [0.05, 0.1) is 12.8 Å². The Balaban J connectivity index is 2.12. The third kappa shape index (κ3) is 7.77. The molecule has 5 heteroatoms. The highest BCUT2D eigenvalue weighted by Crippen LogP contribution is 2.09. The Labute approximate surface area is 115 Å². The van der Waals surface area contributed by atoms with Gasteiger partial charge in [0.2, 0.25) is 0 Å². The van der Waals surface area contributed by atoms with Gasteiger partial charge < -0.3 is 19.9 Å². The first-order chi connectivity index (χ1) is 9.22. The highest BCUT2D eigenvalue weighted by molar-refractivity contribution is 5.20. The number of rotatable bonds is 10. The highest BCUT2D eigenvalue weighted by Gasteiger charge is 2.00. The summed E-state index contributed by atoms with van der Waals surface area (Å²) in [5.74, 6) is 0.758. The largest absolute Gasteiger partial charge is 0.490 e. The molecule has 0 saturated carbocycles. The van der Waals surface area contributed by atoms with E-state index in [9.17, 15) is 0 Å². The van der Waals surface area contributed by atoms with Gasteiger partial charge in [0.15, 0.2) is 0 Å². The van der Waals surface area contributed by atoms with E-state index in [0.717, 1.165) is 30.9 Å². The van der Waals surface area contributed by atoms with Crippen LogP contribution in [0, 0.1) is 0 Å². The summed E-state index contributed by atoms with van der Waals surface area (Å²) in [6.45, 7) is 4.49. The standard InChI is InChI=1S/C14H24N2O3/c1-12(15)10-13-4-5-14(11-16-13)19-9-8-18-7-3-6-17-2/h4-5,11-12H,3,6-10,15H2,1-2H3. The first kappa shape index (κ1) is 15.9. The van der Waals surface area contributed by atoms with Crippen LogP contribution < -0.4 is 10.5 Å². The molecule has 0 aliphatic heterocycles. The SMILES string of the molecule is COCCCOCCOc1ccc(CC(C)N)nc1. The smallest absolute Gasteiger partial charge is 0.137 e. The van der Waals surface area contributed by atoms with Gasteiger partial charge in [-0.15, -0.1) is 0 Å². The molecule has 1 aromatic rings. The van der Waals surface area contributed by atoms with Crippen molar-refractivity contribution < 1.29 is 14.2 Å². The molecule has 19 heavy (non-hydrogen) atoms. The fraction of sp³-hybridized carbons (Fsp3) is 0.643. The minimum Gasteiger partial charge on any atom is -0.490 e. The van der Waals surface area contributed by atoms with Crippen LogP contribution in [0.3, 0.4) is 0 Å². The maximum atomic E-state index is 5.71. The summed E-state index contributed by atoms with van der Waals surface area (Å²) < 4.78 is 15.8. The molecular formula is C14H24N2O3. The molecule has 0 aromatic carbocycles. The summed E-state index contributed by atoms with van der Waals surface area (Å²) in [5, 5.41) is 0. The van der Waals surface area contributed by atoms with Crippen LogP contribution in [0.2, 0.25) is 0 Å². The molecule has 1 atom stereocenters. The maximum Gasteiger partial charge on any atom is 0.137 e. The third-order valence-electron chi connectivity index (χ3n) is 2.46. The number of pyridine rings is 1. The second-order valence-corrected chi connectivity index (χ2v) is 4.47. The fourth-order valence-corrected chi connectivity index (χ4v) is 1.57. The molecule has 0 radical (unpaired) electrons. The molecular weight excluding hydrogens is 244 g/mol. The summed E-state index contributed by atoms with van der Waals surface area (Å²) in [5.41, 5.74) is 6.70. The highest BCUT2D eigenvalue weighted by atomic mass is 16.5. The Kier molecular flexibility index (Phi) is 8.13. The molecule has 0 aliphatic carbocycles. The van der Waals surface area contributed by atoms with Crippen LogP contribution in [0.4, 0.5) is 0 Å². The summed E-state index contributed by atoms with van der Waals surface area (Å²) in [7, 11) is 1.69. The predicted octanol–water partition coefficient (Wildman–Crippen LogP) is 1.40. The zero-order chi connectivity index (χ0) is 13.9. The van der Waals surface area contributed by atoms with Crippen LogP contribution in [-0.4, -0.2) is 44.6 Å². The zero-order valence-corrected chi connectivity index (χ0v) is 11.8. The fourth-order valence-electron chi connectivity index (χ4n) is 1.57. The quantitative estimate of drug-likeness (QED) is 0.650. The number of hydrogen-bond donors (Lipinski definition) is 1. The third-order valence-corrected chi connectivity index (χ3v) is 2.46. The molecule has 5 nitrogen and oxygen atoms in total. The first-order valence-electron chi connectivity index (χ1n) is 6.62. The second kappa shape index (κ2) is 9.72. The summed E-state index contributed by atoms with van der Waals surface area (Å²) in [6, 6.07) is 3.98. The van der Waals surface area contributed by atoms with Crippen LogP contribution in [0.5, 0.6) is 5.75 Å². The van der Waals surface area contributed by atoms with Gasteiger partial charge >= 0.3 is 0 Å². The van der Waals surface area contributed by atoms with Gasteiger partial charge in [0, 0.05) is 38.5 Å². The van der Waals surface area contributed by atoms with Crippen molar-refractivity contribution in [3.05, 3.63) is 24.0 Å². The zero-order valence-electron chi connectivity index (χ0n) is 11.8. The Bertz CT molecular complexity index is 328. The summed E-state index contributed by atoms with van der Waals surface area (Å²) in [4.78, 5) is 4.30. The Hall–Kier alpha value is -1.17. The maximum absolute atomic E-state index is 5.71. The summed E-state index contributed by atoms with van der Waals surface area (Å²) in [6.07, 6.45) is 3.41. The molecule has 1 heterocycles. The first-order valence-corrected chi connectivity index (χ1v) is 6.62. The van der Waals surface area contributed by atoms with Crippen molar-refractivity contribution in [2.75, 3.05) is 33.5 Å². The lowest BCUT2D eigenvalue weighted by Crippen LogP contribution is -2.18. The topological polar surface area (TPSA) is 66.6 Å². The van der Waals surface area contributed by atoms with Crippen molar-refractivity contribution in [3.63, 3.8) is 0 Å². The van der Waals surface area contributed by atoms with E-state index < -0.39 is 0 Å². The lowest BCUT2D eigenvalue weighted by molar-refractivity contribution is 0.0805. The lowest BCUT2D eigenvalue weighted by atomic mass is 10.2. The molecule has 1 rings (SSSR count). The van der Waals surface area contributed by atoms with Crippen LogP contribution >= 0.6 is 0 Å². The van der Waals surface area contributed by atoms with Crippen molar-refractivity contribution in [2.45, 2.75) is 25.8 Å². The van der Waals surface area contributed by atoms with Crippen molar-refractivity contribution in [1.29, 1.82) is 0 Å². The second-order valence-electron chi connectivity index (χ2n) is 4.47. The molecule has 0 fully saturated rings. The molecule has 1 aromatic heterocycles. The number of hydrogen-bond acceptors (Lipinski definition) is 5. The summed E-state index contributed by atoms with van der Waals surface area (Å²) >= 11 is 0. The van der Waals surface area contributed by atoms with E-state index >= 15 is 0 Å². The van der Waals surface area contributed by atoms with Gasteiger partial charge in [-0.05, 0) is 25.5 Å². The van der Waals surface area contributed by atoms with Crippen molar-refractivity contribution in [3.8, 4) is 5.75 Å². The average Bonchev–Trinajstić information content (AvgIpc) is 2.39. The van der Waals surface area contributed by atoms with Crippen LogP contribution in [0.15, 0.2) is 18.3 Å². The van der Waals surface area contributed by atoms with Crippen LogP contribution in [0.25, 0.3) is 0 Å². The van der Waals surface area contributed by atoms with Gasteiger partial charge in [0.1, 0.15) is 12.4 Å². The molecule has 2 N–H and O–H groups in total. The molecule has 1 unspecified atom stereocenters. The average molecular weight is 268 g/mol. The number of aromatic nitrogens is 1. The molecule has 0 bridgehead atoms. The number of nitrogens with zero attached hydrogens (tertiary/aromatic N) is 1. The van der Waals surface area contributed by atoms with E-state index in [2.05, 4.69) is 4.98 Å². The minimum absolute atomic E-state index is 0.125. The van der Waals surface area contributed by atoms with E-state index in [1.54, 1.807) is 13.3 Å². The number of nitrogens with two attached hydrogens (primary N) is 1. The van der Waals surface area contributed by atoms with Gasteiger partial charge in [0.25, 0.3) is 0 Å². The van der Waals surface area contributed by atoms with Crippen molar-refractivity contribution >= 4 is 0 Å². The molecule has 0 spiro atoms. The van der Waals surface area contributed by atoms with Crippen LogP contribution in [-0.2, 0) is 15.9 Å². The predicted molar refractivity (Wildman–Crippen MR) is 74.4 cm³/mol. The Morgan fingerprint density at radius 3 is 2.68 bits per heavy atom. The lowest BCUT2D eigenvalue weighted by Gasteiger charge is -2.08. The molecule has 108 valence electrons. The van der Waals surface area contributed by atoms with Crippen molar-refractivity contribution in [1.82, 2.24) is 4.98 Å². The van der Waals surface area contributed by atoms with Gasteiger partial charge in [-0.3, -0.25) is 4.98 Å². The van der Waals surface area contributed by atoms with E-state index in [0.29, 0.717) is 19.8 Å². The molecule has 0 amide bonds. The molecule has 0 aliphatic rings. The Morgan fingerprint density at radius 2 is 2.05 bits per heavy atom.